The summed E-state index contributed by atoms with van der Waals surface area (Å²) in [5.74, 6) is 0. The molecule has 98 valence electrons. The molecule has 1 aromatic carbocycles. The van der Waals surface area contributed by atoms with E-state index in [1.165, 1.54) is 10.9 Å². The van der Waals surface area contributed by atoms with Crippen molar-refractivity contribution in [1.29, 1.82) is 0 Å². The fourth-order valence-electron chi connectivity index (χ4n) is 2.18. The first-order chi connectivity index (χ1) is 9.24. The smallest absolute Gasteiger partial charge is 0.123 e. The van der Waals surface area contributed by atoms with Gasteiger partial charge in [0, 0.05) is 35.9 Å². The third-order valence-corrected chi connectivity index (χ3v) is 3.26. The maximum Gasteiger partial charge on any atom is 0.123 e. The minimum atomic E-state index is 1.00. The highest BCUT2D eigenvalue weighted by atomic mass is 15.2. The molecule has 2 heterocycles. The average Bonchev–Trinajstić information content (AvgIpc) is 3.05. The van der Waals surface area contributed by atoms with Crippen LogP contribution >= 0.6 is 0 Å². The van der Waals surface area contributed by atoms with Crippen LogP contribution in [0.5, 0.6) is 0 Å². The van der Waals surface area contributed by atoms with Gasteiger partial charge in [0.1, 0.15) is 12.7 Å². The van der Waals surface area contributed by atoms with E-state index in [4.69, 9.17) is 0 Å². The first-order valence-electron chi connectivity index (χ1n) is 6.33. The van der Waals surface area contributed by atoms with Crippen LogP contribution in [0, 0.1) is 0 Å². The summed E-state index contributed by atoms with van der Waals surface area (Å²) in [7, 11) is 4.19. The van der Waals surface area contributed by atoms with Crippen LogP contribution < -0.4 is 0 Å². The highest BCUT2D eigenvalue weighted by molar-refractivity contribution is 5.82. The molecule has 0 fully saturated rings. The van der Waals surface area contributed by atoms with Gasteiger partial charge in [-0.15, -0.1) is 10.2 Å². The lowest BCUT2D eigenvalue weighted by Crippen LogP contribution is -2.17. The highest BCUT2D eigenvalue weighted by Crippen LogP contribution is 2.19. The summed E-state index contributed by atoms with van der Waals surface area (Å²) in [5, 5.41) is 8.91. The van der Waals surface area contributed by atoms with Gasteiger partial charge in [-0.25, -0.2) is 0 Å². The second-order valence-electron chi connectivity index (χ2n) is 4.92. The van der Waals surface area contributed by atoms with Crippen LogP contribution in [-0.2, 0) is 6.54 Å². The van der Waals surface area contributed by atoms with Gasteiger partial charge in [0.2, 0.25) is 0 Å². The molecule has 5 heteroatoms. The zero-order valence-corrected chi connectivity index (χ0v) is 11.2. The van der Waals surface area contributed by atoms with E-state index in [1.807, 2.05) is 4.57 Å². The Bertz CT molecular complexity index is 666. The van der Waals surface area contributed by atoms with E-state index >= 15 is 0 Å². The maximum atomic E-state index is 3.83. The Morgan fingerprint density at radius 2 is 1.89 bits per heavy atom. The molecule has 0 aliphatic heterocycles. The Kier molecular flexibility index (Phi) is 3.05. The Morgan fingerprint density at radius 3 is 2.63 bits per heavy atom. The quantitative estimate of drug-likeness (QED) is 0.713. The van der Waals surface area contributed by atoms with Crippen LogP contribution in [0.1, 0.15) is 0 Å². The molecule has 3 rings (SSSR count). The first-order valence-corrected chi connectivity index (χ1v) is 6.33. The molecule has 0 atom stereocenters. The van der Waals surface area contributed by atoms with E-state index in [0.717, 1.165) is 18.8 Å². The van der Waals surface area contributed by atoms with Gasteiger partial charge < -0.3 is 9.47 Å². The van der Waals surface area contributed by atoms with Crippen LogP contribution in [0.25, 0.3) is 16.6 Å². The lowest BCUT2D eigenvalue weighted by molar-refractivity contribution is 0.387. The SMILES string of the molecule is CN(C)CCn1ccc2cc(-n3cnnc3)ccc21. The molecule has 0 saturated heterocycles. The largest absolute Gasteiger partial charge is 0.346 e. The van der Waals surface area contributed by atoms with Crippen LogP contribution in [0.3, 0.4) is 0 Å². The highest BCUT2D eigenvalue weighted by Gasteiger charge is 2.03. The lowest BCUT2D eigenvalue weighted by atomic mass is 10.2. The topological polar surface area (TPSA) is 38.9 Å². The molecule has 0 bridgehead atoms. The third kappa shape index (κ3) is 2.37. The molecule has 0 radical (unpaired) electrons. The fourth-order valence-corrected chi connectivity index (χ4v) is 2.18. The zero-order chi connectivity index (χ0) is 13.2. The Morgan fingerprint density at radius 1 is 1.11 bits per heavy atom. The number of hydrogen-bond acceptors (Lipinski definition) is 3. The van der Waals surface area contributed by atoms with Crippen LogP contribution in [0.2, 0.25) is 0 Å². The standard InChI is InChI=1S/C14H17N5/c1-17(2)7-8-18-6-5-12-9-13(3-4-14(12)18)19-10-15-16-11-19/h3-6,9-11H,7-8H2,1-2H3. The predicted molar refractivity (Wildman–Crippen MR) is 75.4 cm³/mol. The fraction of sp³-hybridized carbons (Fsp3) is 0.286. The molecule has 3 aromatic rings. The third-order valence-electron chi connectivity index (χ3n) is 3.26. The molecule has 0 aliphatic carbocycles. The summed E-state index contributed by atoms with van der Waals surface area (Å²) < 4.78 is 4.20. The average molecular weight is 255 g/mol. The van der Waals surface area contributed by atoms with Gasteiger partial charge in [-0.1, -0.05) is 0 Å². The number of hydrogen-bond donors (Lipinski definition) is 0. The molecular weight excluding hydrogens is 238 g/mol. The number of fused-ring (bicyclic) bond motifs is 1. The second-order valence-corrected chi connectivity index (χ2v) is 4.92. The number of likely N-dealkylation sites (N-methyl/N-ethyl adjacent to an activating group) is 1. The van der Waals surface area contributed by atoms with Crippen molar-refractivity contribution < 1.29 is 0 Å². The van der Waals surface area contributed by atoms with Gasteiger partial charge in [0.15, 0.2) is 0 Å². The monoisotopic (exact) mass is 255 g/mol. The second kappa shape index (κ2) is 4.85. The van der Waals surface area contributed by atoms with Crippen molar-refractivity contribution in [1.82, 2.24) is 24.2 Å². The lowest BCUT2D eigenvalue weighted by Gasteiger charge is -2.11. The summed E-state index contributed by atoms with van der Waals surface area (Å²) in [5.41, 5.74) is 2.35. The minimum Gasteiger partial charge on any atom is -0.346 e. The molecular formula is C14H17N5. The van der Waals surface area contributed by atoms with Crippen LogP contribution in [0.4, 0.5) is 0 Å². The van der Waals surface area contributed by atoms with Gasteiger partial charge in [0.05, 0.1) is 0 Å². The van der Waals surface area contributed by atoms with Crippen LogP contribution in [-0.4, -0.2) is 44.9 Å². The van der Waals surface area contributed by atoms with Crippen molar-refractivity contribution in [3.05, 3.63) is 43.1 Å². The van der Waals surface area contributed by atoms with E-state index in [0.29, 0.717) is 0 Å². The van der Waals surface area contributed by atoms with Crippen molar-refractivity contribution in [3.63, 3.8) is 0 Å². The van der Waals surface area contributed by atoms with E-state index in [-0.39, 0.29) is 0 Å². The Labute approximate surface area is 112 Å². The number of nitrogens with zero attached hydrogens (tertiary/aromatic N) is 5. The normalized spacial score (nSPS) is 11.5. The van der Waals surface area contributed by atoms with Crippen molar-refractivity contribution in [3.8, 4) is 5.69 Å². The van der Waals surface area contributed by atoms with Crippen molar-refractivity contribution in [2.45, 2.75) is 6.54 Å². The summed E-state index contributed by atoms with van der Waals surface area (Å²) in [4.78, 5) is 2.19. The summed E-state index contributed by atoms with van der Waals surface area (Å²) in [6.07, 6.45) is 5.57. The Hall–Kier alpha value is -2.14. The van der Waals surface area contributed by atoms with Crippen LogP contribution in [0.15, 0.2) is 43.1 Å². The van der Waals surface area contributed by atoms with Crippen molar-refractivity contribution in [2.75, 3.05) is 20.6 Å². The molecule has 0 saturated carbocycles. The zero-order valence-electron chi connectivity index (χ0n) is 11.2. The number of rotatable bonds is 4. The predicted octanol–water partition coefficient (Wildman–Crippen LogP) is 1.78. The van der Waals surface area contributed by atoms with E-state index < -0.39 is 0 Å². The minimum absolute atomic E-state index is 1.00. The van der Waals surface area contributed by atoms with E-state index in [1.54, 1.807) is 12.7 Å². The number of aromatic nitrogens is 4. The molecule has 5 nitrogen and oxygen atoms in total. The maximum absolute atomic E-state index is 3.83. The molecule has 0 amide bonds. The van der Waals surface area contributed by atoms with Crippen molar-refractivity contribution in [2.24, 2.45) is 0 Å². The summed E-state index contributed by atoms with van der Waals surface area (Å²) in [6, 6.07) is 8.56. The molecule has 19 heavy (non-hydrogen) atoms. The number of benzene rings is 1. The van der Waals surface area contributed by atoms with Gasteiger partial charge >= 0.3 is 0 Å². The molecule has 0 aliphatic rings. The van der Waals surface area contributed by atoms with Gasteiger partial charge in [-0.05, 0) is 38.4 Å². The summed E-state index contributed by atoms with van der Waals surface area (Å²) >= 11 is 0. The Balaban J connectivity index is 1.93. The molecule has 0 spiro atoms. The van der Waals surface area contributed by atoms with E-state index in [9.17, 15) is 0 Å². The van der Waals surface area contributed by atoms with Crippen molar-refractivity contribution >= 4 is 10.9 Å². The molecule has 0 N–H and O–H groups in total. The van der Waals surface area contributed by atoms with Gasteiger partial charge in [0.25, 0.3) is 0 Å². The van der Waals surface area contributed by atoms with Gasteiger partial charge in [-0.3, -0.25) is 4.57 Å². The summed E-state index contributed by atoms with van der Waals surface area (Å²) in [6.45, 7) is 2.04. The first kappa shape index (κ1) is 11.9. The molecule has 0 unspecified atom stereocenters. The van der Waals surface area contributed by atoms with E-state index in [2.05, 4.69) is 64.2 Å². The van der Waals surface area contributed by atoms with Gasteiger partial charge in [-0.2, -0.15) is 0 Å². The molecule has 2 aromatic heterocycles.